The van der Waals surface area contributed by atoms with E-state index in [9.17, 15) is 9.59 Å². The fraction of sp³-hybridized carbons (Fsp3) is 0.667. The van der Waals surface area contributed by atoms with E-state index in [0.717, 1.165) is 55.6 Å². The predicted octanol–water partition coefficient (Wildman–Crippen LogP) is 6.54. The number of rotatable bonds is 17. The van der Waals surface area contributed by atoms with Gasteiger partial charge in [-0.2, -0.15) is 0 Å². The molecule has 2 aromatic rings. The van der Waals surface area contributed by atoms with Gasteiger partial charge in [0.1, 0.15) is 11.9 Å². The van der Waals surface area contributed by atoms with Gasteiger partial charge in [-0.3, -0.25) is 9.69 Å². The van der Waals surface area contributed by atoms with E-state index in [1.165, 1.54) is 44.1 Å². The Kier molecular flexibility index (Phi) is 12.0. The van der Waals surface area contributed by atoms with Crippen molar-refractivity contribution in [3.8, 4) is 5.75 Å². The molecule has 3 aliphatic heterocycles. The quantitative estimate of drug-likeness (QED) is 0.125. The maximum absolute atomic E-state index is 13.8. The van der Waals surface area contributed by atoms with Crippen molar-refractivity contribution in [1.29, 1.82) is 0 Å². The molecule has 288 valence electrons. The first-order valence-corrected chi connectivity index (χ1v) is 20.4. The monoisotopic (exact) mass is 728 g/mol. The van der Waals surface area contributed by atoms with Gasteiger partial charge in [-0.15, -0.1) is 0 Å². The number of fused-ring (bicyclic) bond motifs is 1. The van der Waals surface area contributed by atoms with Gasteiger partial charge in [0.25, 0.3) is 0 Å². The minimum atomic E-state index is -0.457. The number of nitrogens with one attached hydrogen (secondary N) is 3. The Balaban J connectivity index is 0.847. The molecule has 7 atom stereocenters. The van der Waals surface area contributed by atoms with Gasteiger partial charge >= 0.3 is 13.2 Å². The molecule has 8 rings (SSSR count). The minimum absolute atomic E-state index is 0.0690. The van der Waals surface area contributed by atoms with Crippen LogP contribution in [0.5, 0.6) is 5.75 Å². The minimum Gasteiger partial charge on any atom is -0.497 e. The molecule has 2 saturated heterocycles. The molecule has 3 aliphatic carbocycles. The molecule has 53 heavy (non-hydrogen) atoms. The smallest absolute Gasteiger partial charge is 0.481 e. The summed E-state index contributed by atoms with van der Waals surface area (Å²) in [5.41, 5.74) is 3.53. The van der Waals surface area contributed by atoms with Crippen LogP contribution in [0, 0.1) is 17.3 Å². The number of nitrogens with zero attached hydrogens (tertiary/aromatic N) is 1. The summed E-state index contributed by atoms with van der Waals surface area (Å²) < 4.78 is 24.7. The lowest BCUT2D eigenvalue weighted by atomic mass is 9.43. The molecule has 3 N–H and O–H groups in total. The summed E-state index contributed by atoms with van der Waals surface area (Å²) in [7, 11) is 1.24. The molecule has 2 aromatic carbocycles. The van der Waals surface area contributed by atoms with E-state index < -0.39 is 13.2 Å². The third-order valence-corrected chi connectivity index (χ3v) is 13.3. The van der Waals surface area contributed by atoms with Crippen molar-refractivity contribution >= 4 is 19.1 Å². The highest BCUT2D eigenvalue weighted by atomic mass is 16.7. The van der Waals surface area contributed by atoms with E-state index in [2.05, 4.69) is 61.0 Å². The van der Waals surface area contributed by atoms with Gasteiger partial charge in [-0.1, -0.05) is 88.8 Å². The van der Waals surface area contributed by atoms with E-state index in [0.29, 0.717) is 37.9 Å². The molecule has 11 heteroatoms. The van der Waals surface area contributed by atoms with Crippen LogP contribution in [0.1, 0.15) is 108 Å². The summed E-state index contributed by atoms with van der Waals surface area (Å²) in [5, 5.41) is 10.2. The number of benzene rings is 2. The van der Waals surface area contributed by atoms with Gasteiger partial charge in [0.05, 0.1) is 30.8 Å². The van der Waals surface area contributed by atoms with Crippen LogP contribution in [0.2, 0.25) is 0 Å². The zero-order valence-electron chi connectivity index (χ0n) is 32.4. The number of unbranched alkanes of at least 4 members (excludes halogenated alkanes) is 6. The molecule has 0 radical (unpaired) electrons. The SMILES string of the molecule is COc1ccc(CNCCCCCCCCC[C@H](NC(=O)C2C[C@@H](OC(=O)N3Cc4ccccc4C3)CN2)B2OC3C[C@H]4C[C@H](C4(C)C)[C@@]3(C)O2)cc1. The topological polar surface area (TPSA) is 110 Å². The lowest BCUT2D eigenvalue weighted by molar-refractivity contribution is -0.199. The molecule has 2 unspecified atom stereocenters. The molecular weight excluding hydrogens is 667 g/mol. The Morgan fingerprint density at radius 3 is 2.34 bits per heavy atom. The number of methoxy groups -OCH3 is 1. The van der Waals surface area contributed by atoms with Crippen LogP contribution < -0.4 is 20.7 Å². The van der Waals surface area contributed by atoms with Gasteiger partial charge in [0, 0.05) is 32.6 Å². The summed E-state index contributed by atoms with van der Waals surface area (Å²) in [6, 6.07) is 15.9. The van der Waals surface area contributed by atoms with Gasteiger partial charge in [0.2, 0.25) is 5.91 Å². The Morgan fingerprint density at radius 2 is 1.64 bits per heavy atom. The average Bonchev–Trinajstić information content (AvgIpc) is 3.90. The van der Waals surface area contributed by atoms with Gasteiger partial charge in [0.15, 0.2) is 0 Å². The van der Waals surface area contributed by atoms with E-state index in [1.54, 1.807) is 12.0 Å². The van der Waals surface area contributed by atoms with E-state index >= 15 is 0 Å². The van der Waals surface area contributed by atoms with E-state index in [4.69, 9.17) is 18.8 Å². The predicted molar refractivity (Wildman–Crippen MR) is 206 cm³/mol. The second-order valence-corrected chi connectivity index (χ2v) is 17.1. The normalized spacial score (nSPS) is 28.6. The molecule has 0 aromatic heterocycles. The maximum atomic E-state index is 13.8. The number of ether oxygens (including phenoxy) is 2. The van der Waals surface area contributed by atoms with Crippen molar-refractivity contribution in [3.05, 3.63) is 65.2 Å². The van der Waals surface area contributed by atoms with Crippen molar-refractivity contribution < 1.29 is 28.4 Å². The molecule has 3 saturated carbocycles. The van der Waals surface area contributed by atoms with Gasteiger partial charge in [-0.05, 0) is 85.2 Å². The summed E-state index contributed by atoms with van der Waals surface area (Å²) >= 11 is 0. The maximum Gasteiger partial charge on any atom is 0.481 e. The van der Waals surface area contributed by atoms with Crippen molar-refractivity contribution in [2.24, 2.45) is 17.3 Å². The van der Waals surface area contributed by atoms with Crippen LogP contribution in [-0.4, -0.2) is 74.0 Å². The van der Waals surface area contributed by atoms with Gasteiger partial charge in [-0.25, -0.2) is 4.79 Å². The van der Waals surface area contributed by atoms with Crippen LogP contribution >= 0.6 is 0 Å². The lowest BCUT2D eigenvalue weighted by Gasteiger charge is -2.64. The van der Waals surface area contributed by atoms with Crippen molar-refractivity contribution in [2.75, 3.05) is 20.2 Å². The van der Waals surface area contributed by atoms with E-state index in [-0.39, 0.29) is 41.2 Å². The summed E-state index contributed by atoms with van der Waals surface area (Å²) in [5.74, 6) is 1.73. The highest BCUT2D eigenvalue weighted by Crippen LogP contribution is 2.65. The van der Waals surface area contributed by atoms with Crippen molar-refractivity contribution in [2.45, 2.75) is 141 Å². The molecule has 10 nitrogen and oxygen atoms in total. The summed E-state index contributed by atoms with van der Waals surface area (Å²) in [6.07, 6.45) is 11.1. The second kappa shape index (κ2) is 16.7. The van der Waals surface area contributed by atoms with Gasteiger partial charge < -0.3 is 34.7 Å². The Hall–Kier alpha value is -3.12. The Labute approximate surface area is 316 Å². The Bertz CT molecular complexity index is 1530. The highest BCUT2D eigenvalue weighted by Gasteiger charge is 2.68. The molecule has 6 aliphatic rings. The zero-order chi connectivity index (χ0) is 37.0. The van der Waals surface area contributed by atoms with Crippen molar-refractivity contribution in [1.82, 2.24) is 20.9 Å². The van der Waals surface area contributed by atoms with Crippen molar-refractivity contribution in [3.63, 3.8) is 0 Å². The third kappa shape index (κ3) is 8.58. The van der Waals surface area contributed by atoms with Crippen LogP contribution in [-0.2, 0) is 38.5 Å². The molecule has 2 bridgehead atoms. The largest absolute Gasteiger partial charge is 0.497 e. The molecule has 0 spiro atoms. The number of hydrogen-bond acceptors (Lipinski definition) is 8. The lowest BCUT2D eigenvalue weighted by Crippen LogP contribution is -2.65. The molecule has 5 fully saturated rings. The standard InChI is InChI=1S/C42H61BN4O6/c1-41(2)32-22-36(41)42(3)37(23-32)52-43(53-42)38(16-10-8-6-5-7-9-13-21-44-25-29-17-19-33(50-4)20-18-29)46-39(48)35-24-34(26-45-35)51-40(49)47-27-30-14-11-12-15-31(30)28-47/h11-12,14-15,17-20,32,34-38,44-45H,5-10,13,16,21-28H2,1-4H3,(H,46,48)/t32-,34-,35?,36-,37?,38+,42-/m1/s1. The van der Waals surface area contributed by atoms with Crippen LogP contribution in [0.25, 0.3) is 0 Å². The number of carbonyl (C=O) groups is 2. The highest BCUT2D eigenvalue weighted by molar-refractivity contribution is 6.47. The third-order valence-electron chi connectivity index (χ3n) is 13.3. The first-order valence-electron chi connectivity index (χ1n) is 20.4. The summed E-state index contributed by atoms with van der Waals surface area (Å²) in [6.45, 7) is 10.5. The first-order chi connectivity index (χ1) is 25.6. The number of carbonyl (C=O) groups excluding carboxylic acids is 2. The fourth-order valence-electron chi connectivity index (χ4n) is 9.78. The van der Waals surface area contributed by atoms with E-state index in [1.807, 2.05) is 24.3 Å². The molecule has 2 amide bonds. The van der Waals surface area contributed by atoms with Crippen LogP contribution in [0.4, 0.5) is 4.79 Å². The number of amides is 2. The second-order valence-electron chi connectivity index (χ2n) is 17.1. The number of hydrogen-bond donors (Lipinski definition) is 3. The molecular formula is C42H61BN4O6. The average molecular weight is 729 g/mol. The summed E-state index contributed by atoms with van der Waals surface area (Å²) in [4.78, 5) is 28.5. The zero-order valence-corrected chi connectivity index (χ0v) is 32.4. The molecule has 3 heterocycles. The van der Waals surface area contributed by atoms with Crippen LogP contribution in [0.3, 0.4) is 0 Å². The Morgan fingerprint density at radius 1 is 0.943 bits per heavy atom. The van der Waals surface area contributed by atoms with Crippen LogP contribution in [0.15, 0.2) is 48.5 Å². The first kappa shape index (κ1) is 38.2. The fourth-order valence-corrected chi connectivity index (χ4v) is 9.78.